The molecule has 1 saturated carbocycles. The number of benzene rings is 3. The SMILES string of the molecule is O=C(NCC(O)C(O)c1ccccc1C1(C(=O)O)CC1)OCC1c2ccccc2-c2ccccc21. The first kappa shape index (κ1) is 23.1. The molecule has 0 saturated heterocycles. The third-order valence-corrected chi connectivity index (χ3v) is 7.12. The van der Waals surface area contributed by atoms with Crippen LogP contribution in [0.15, 0.2) is 72.8 Å². The Morgan fingerprint density at radius 3 is 2.09 bits per heavy atom. The number of ether oxygens (including phenoxy) is 1. The predicted molar refractivity (Wildman–Crippen MR) is 129 cm³/mol. The van der Waals surface area contributed by atoms with Gasteiger partial charge < -0.3 is 25.4 Å². The van der Waals surface area contributed by atoms with Gasteiger partial charge in [-0.1, -0.05) is 72.8 Å². The van der Waals surface area contributed by atoms with Crippen LogP contribution in [-0.2, 0) is 14.9 Å². The van der Waals surface area contributed by atoms with Crippen molar-refractivity contribution >= 4 is 12.1 Å². The lowest BCUT2D eigenvalue weighted by Crippen LogP contribution is -2.37. The van der Waals surface area contributed by atoms with Gasteiger partial charge in [-0.3, -0.25) is 4.79 Å². The highest BCUT2D eigenvalue weighted by Crippen LogP contribution is 2.50. The first-order valence-corrected chi connectivity index (χ1v) is 11.7. The number of fused-ring (bicyclic) bond motifs is 3. The van der Waals surface area contributed by atoms with Gasteiger partial charge in [-0.2, -0.15) is 0 Å². The van der Waals surface area contributed by atoms with Crippen LogP contribution in [0.1, 0.15) is 47.1 Å². The molecule has 2 unspecified atom stereocenters. The lowest BCUT2D eigenvalue weighted by molar-refractivity contribution is -0.140. The van der Waals surface area contributed by atoms with Crippen molar-refractivity contribution in [1.29, 1.82) is 0 Å². The second-order valence-electron chi connectivity index (χ2n) is 9.19. The number of rotatable bonds is 8. The van der Waals surface area contributed by atoms with E-state index >= 15 is 0 Å². The number of alkyl carbamates (subject to hydrolysis) is 1. The summed E-state index contributed by atoms with van der Waals surface area (Å²) in [5, 5.41) is 33.4. The van der Waals surface area contributed by atoms with Crippen molar-refractivity contribution in [1.82, 2.24) is 5.32 Å². The highest BCUT2D eigenvalue weighted by Gasteiger charge is 2.53. The number of hydrogen-bond donors (Lipinski definition) is 4. The maximum absolute atomic E-state index is 12.4. The van der Waals surface area contributed by atoms with Crippen molar-refractivity contribution in [3.8, 4) is 11.1 Å². The largest absolute Gasteiger partial charge is 0.481 e. The molecule has 5 rings (SSSR count). The van der Waals surface area contributed by atoms with Crippen molar-refractivity contribution in [3.05, 3.63) is 95.1 Å². The highest BCUT2D eigenvalue weighted by molar-refractivity contribution is 5.85. The Hall–Kier alpha value is -3.68. The number of carboxylic acids is 1. The fourth-order valence-electron chi connectivity index (χ4n) is 5.07. The Bertz CT molecular complexity index is 1220. The second-order valence-corrected chi connectivity index (χ2v) is 9.19. The van der Waals surface area contributed by atoms with Gasteiger partial charge in [0.1, 0.15) is 18.8 Å². The van der Waals surface area contributed by atoms with Gasteiger partial charge in [0.25, 0.3) is 0 Å². The van der Waals surface area contributed by atoms with E-state index in [9.17, 15) is 24.9 Å². The third-order valence-electron chi connectivity index (χ3n) is 7.12. The zero-order valence-corrected chi connectivity index (χ0v) is 19.1. The number of aliphatic carboxylic acids is 1. The van der Waals surface area contributed by atoms with Gasteiger partial charge >= 0.3 is 12.1 Å². The summed E-state index contributed by atoms with van der Waals surface area (Å²) in [4.78, 5) is 24.2. The zero-order valence-electron chi connectivity index (χ0n) is 19.1. The van der Waals surface area contributed by atoms with Gasteiger partial charge in [-0.25, -0.2) is 4.79 Å². The number of carbonyl (C=O) groups excluding carboxylic acids is 1. The first-order valence-electron chi connectivity index (χ1n) is 11.7. The summed E-state index contributed by atoms with van der Waals surface area (Å²) in [6.07, 6.45) is -2.41. The first-order chi connectivity index (χ1) is 16.9. The smallest absolute Gasteiger partial charge is 0.407 e. The van der Waals surface area contributed by atoms with Gasteiger partial charge in [0, 0.05) is 12.5 Å². The molecule has 3 aromatic rings. The molecule has 2 aliphatic rings. The van der Waals surface area contributed by atoms with Gasteiger partial charge in [0.15, 0.2) is 0 Å². The third kappa shape index (κ3) is 4.17. The van der Waals surface area contributed by atoms with Gasteiger partial charge in [0.2, 0.25) is 0 Å². The van der Waals surface area contributed by atoms with E-state index in [2.05, 4.69) is 17.4 Å². The van der Waals surface area contributed by atoms with Gasteiger partial charge in [-0.05, 0) is 46.2 Å². The average molecular weight is 474 g/mol. The molecule has 1 amide bonds. The predicted octanol–water partition coefficient (Wildman–Crippen LogP) is 3.74. The quantitative estimate of drug-likeness (QED) is 0.396. The molecule has 7 nitrogen and oxygen atoms in total. The lowest BCUT2D eigenvalue weighted by Gasteiger charge is -2.23. The van der Waals surface area contributed by atoms with E-state index in [1.807, 2.05) is 36.4 Å². The van der Waals surface area contributed by atoms with E-state index in [4.69, 9.17) is 4.74 Å². The number of carboxylic acid groups (broad SMARTS) is 1. The van der Waals surface area contributed by atoms with E-state index in [-0.39, 0.29) is 19.1 Å². The summed E-state index contributed by atoms with van der Waals surface area (Å²) in [5.74, 6) is -1.02. The molecule has 0 spiro atoms. The summed E-state index contributed by atoms with van der Waals surface area (Å²) in [6, 6.07) is 22.8. The van der Waals surface area contributed by atoms with Gasteiger partial charge in [-0.15, -0.1) is 0 Å². The molecule has 4 N–H and O–H groups in total. The Morgan fingerprint density at radius 1 is 0.914 bits per heavy atom. The minimum atomic E-state index is -1.35. The number of aliphatic hydroxyl groups is 2. The second kappa shape index (κ2) is 9.17. The summed E-state index contributed by atoms with van der Waals surface area (Å²) >= 11 is 0. The Balaban J connectivity index is 1.20. The topological polar surface area (TPSA) is 116 Å². The number of aliphatic hydroxyl groups excluding tert-OH is 2. The summed E-state index contributed by atoms with van der Waals surface area (Å²) in [5.41, 5.74) is 4.29. The number of amides is 1. The maximum Gasteiger partial charge on any atom is 0.407 e. The molecular formula is C28H27NO6. The Labute approximate surface area is 203 Å². The maximum atomic E-state index is 12.4. The molecule has 1 fully saturated rings. The van der Waals surface area contributed by atoms with Crippen LogP contribution in [0.5, 0.6) is 0 Å². The van der Waals surface area contributed by atoms with Gasteiger partial charge in [0.05, 0.1) is 5.41 Å². The van der Waals surface area contributed by atoms with Crippen LogP contribution in [0.25, 0.3) is 11.1 Å². The average Bonchev–Trinajstić information content (AvgIpc) is 3.64. The molecule has 3 aromatic carbocycles. The van der Waals surface area contributed by atoms with E-state index in [1.54, 1.807) is 24.3 Å². The normalized spacial score (nSPS) is 17.1. The summed E-state index contributed by atoms with van der Waals surface area (Å²) in [7, 11) is 0. The van der Waals surface area contributed by atoms with E-state index in [1.165, 1.54) is 0 Å². The monoisotopic (exact) mass is 473 g/mol. The fraction of sp³-hybridized carbons (Fsp3) is 0.286. The molecule has 180 valence electrons. The molecule has 0 aliphatic heterocycles. The molecule has 2 atom stereocenters. The molecule has 0 bridgehead atoms. The van der Waals surface area contributed by atoms with Crippen LogP contribution in [0, 0.1) is 0 Å². The van der Waals surface area contributed by atoms with Crippen LogP contribution in [0.2, 0.25) is 0 Å². The van der Waals surface area contributed by atoms with E-state index in [0.717, 1.165) is 22.3 Å². The molecule has 2 aliphatic carbocycles. The minimum Gasteiger partial charge on any atom is -0.481 e. The van der Waals surface area contributed by atoms with Crippen molar-refractivity contribution in [2.24, 2.45) is 0 Å². The zero-order chi connectivity index (χ0) is 24.6. The minimum absolute atomic E-state index is 0.0821. The fourth-order valence-corrected chi connectivity index (χ4v) is 5.07. The van der Waals surface area contributed by atoms with Crippen molar-refractivity contribution in [2.45, 2.75) is 36.4 Å². The summed E-state index contributed by atoms with van der Waals surface area (Å²) in [6.45, 7) is -0.102. The van der Waals surface area contributed by atoms with Crippen molar-refractivity contribution in [3.63, 3.8) is 0 Å². The number of carbonyl (C=O) groups is 2. The Kier molecular flexibility index (Phi) is 6.05. The molecule has 35 heavy (non-hydrogen) atoms. The molecule has 0 aromatic heterocycles. The standard InChI is InChI=1S/C28H27NO6/c30-24(25(31)21-11-5-6-12-23(21)28(13-14-28)26(32)33)15-29-27(34)35-16-22-19-9-3-1-7-17(19)18-8-2-4-10-20(18)22/h1-12,22,24-25,30-31H,13-16H2,(H,29,34)(H,32,33). The molecule has 0 radical (unpaired) electrons. The lowest BCUT2D eigenvalue weighted by atomic mass is 9.87. The molecule has 0 heterocycles. The molecule has 7 heteroatoms. The van der Waals surface area contributed by atoms with Crippen LogP contribution < -0.4 is 5.32 Å². The van der Waals surface area contributed by atoms with Crippen LogP contribution in [0.3, 0.4) is 0 Å². The van der Waals surface area contributed by atoms with Crippen LogP contribution in [-0.4, -0.2) is 46.6 Å². The molecular weight excluding hydrogens is 446 g/mol. The Morgan fingerprint density at radius 2 is 1.49 bits per heavy atom. The van der Waals surface area contributed by atoms with E-state index < -0.39 is 29.7 Å². The number of nitrogens with one attached hydrogen (secondary N) is 1. The number of hydrogen-bond acceptors (Lipinski definition) is 5. The van der Waals surface area contributed by atoms with E-state index in [0.29, 0.717) is 24.0 Å². The van der Waals surface area contributed by atoms with Crippen molar-refractivity contribution in [2.75, 3.05) is 13.2 Å². The highest BCUT2D eigenvalue weighted by atomic mass is 16.5. The summed E-state index contributed by atoms with van der Waals surface area (Å²) < 4.78 is 5.47. The van der Waals surface area contributed by atoms with Crippen LogP contribution >= 0.6 is 0 Å². The van der Waals surface area contributed by atoms with Crippen molar-refractivity contribution < 1.29 is 29.6 Å². The van der Waals surface area contributed by atoms with Crippen LogP contribution in [0.4, 0.5) is 4.79 Å².